The van der Waals surface area contributed by atoms with Crippen LogP contribution in [0.4, 0.5) is 14.9 Å². The van der Waals surface area contributed by atoms with Gasteiger partial charge in [-0.2, -0.15) is 0 Å². The number of hydrogen-bond donors (Lipinski definition) is 1. The van der Waals surface area contributed by atoms with E-state index in [2.05, 4.69) is 5.32 Å². The number of nitrogens with zero attached hydrogens (tertiary/aromatic N) is 2. The predicted octanol–water partition coefficient (Wildman–Crippen LogP) is 3.30. The minimum absolute atomic E-state index is 0.00852. The van der Waals surface area contributed by atoms with Crippen molar-refractivity contribution in [2.75, 3.05) is 38.2 Å². The predicted molar refractivity (Wildman–Crippen MR) is 105 cm³/mol. The SMILES string of the molecule is COc1cccc(CC(C)NC(=O)N2CCN(c3ccccc3F)CC2)c1. The van der Waals surface area contributed by atoms with E-state index in [0.717, 1.165) is 17.7 Å². The van der Waals surface area contributed by atoms with Gasteiger partial charge in [0.05, 0.1) is 12.8 Å². The number of amides is 2. The molecule has 0 aromatic heterocycles. The van der Waals surface area contributed by atoms with Crippen molar-refractivity contribution >= 4 is 11.7 Å². The highest BCUT2D eigenvalue weighted by Crippen LogP contribution is 2.20. The molecule has 1 fully saturated rings. The number of anilines is 1. The molecule has 1 saturated heterocycles. The van der Waals surface area contributed by atoms with E-state index in [-0.39, 0.29) is 17.9 Å². The summed E-state index contributed by atoms with van der Waals surface area (Å²) < 4.78 is 19.2. The molecule has 2 aromatic rings. The van der Waals surface area contributed by atoms with Gasteiger partial charge in [0, 0.05) is 32.2 Å². The molecule has 2 aromatic carbocycles. The lowest BCUT2D eigenvalue weighted by Crippen LogP contribution is -2.53. The van der Waals surface area contributed by atoms with Gasteiger partial charge in [-0.1, -0.05) is 24.3 Å². The first-order valence-electron chi connectivity index (χ1n) is 9.24. The zero-order valence-electron chi connectivity index (χ0n) is 15.8. The first kappa shape index (κ1) is 19.0. The zero-order valence-corrected chi connectivity index (χ0v) is 15.8. The molecule has 0 aliphatic carbocycles. The van der Waals surface area contributed by atoms with Crippen molar-refractivity contribution in [3.8, 4) is 5.75 Å². The van der Waals surface area contributed by atoms with Gasteiger partial charge in [-0.25, -0.2) is 9.18 Å². The van der Waals surface area contributed by atoms with Crippen LogP contribution >= 0.6 is 0 Å². The van der Waals surface area contributed by atoms with E-state index in [4.69, 9.17) is 4.74 Å². The normalized spacial score (nSPS) is 15.4. The summed E-state index contributed by atoms with van der Waals surface area (Å²) in [7, 11) is 1.64. The third-order valence-corrected chi connectivity index (χ3v) is 4.81. The number of hydrogen-bond acceptors (Lipinski definition) is 3. The number of nitrogens with one attached hydrogen (secondary N) is 1. The number of methoxy groups -OCH3 is 1. The first-order valence-corrected chi connectivity index (χ1v) is 9.24. The summed E-state index contributed by atoms with van der Waals surface area (Å²) >= 11 is 0. The zero-order chi connectivity index (χ0) is 19.2. The highest BCUT2D eigenvalue weighted by molar-refractivity contribution is 5.75. The average molecular weight is 371 g/mol. The van der Waals surface area contributed by atoms with Crippen LogP contribution in [0.2, 0.25) is 0 Å². The number of urea groups is 1. The van der Waals surface area contributed by atoms with Crippen LogP contribution in [0.3, 0.4) is 0 Å². The van der Waals surface area contributed by atoms with E-state index in [0.29, 0.717) is 31.9 Å². The molecule has 1 aliphatic rings. The third-order valence-electron chi connectivity index (χ3n) is 4.81. The van der Waals surface area contributed by atoms with E-state index in [9.17, 15) is 9.18 Å². The Hall–Kier alpha value is -2.76. The Labute approximate surface area is 159 Å². The van der Waals surface area contributed by atoms with E-state index in [1.807, 2.05) is 42.2 Å². The summed E-state index contributed by atoms with van der Waals surface area (Å²) in [4.78, 5) is 16.3. The van der Waals surface area contributed by atoms with Gasteiger partial charge >= 0.3 is 6.03 Å². The Morgan fingerprint density at radius 1 is 1.15 bits per heavy atom. The standard InChI is InChI=1S/C21H26FN3O2/c1-16(14-17-6-5-7-18(15-17)27-2)23-21(26)25-12-10-24(11-13-25)20-9-4-3-8-19(20)22/h3-9,15-16H,10-14H2,1-2H3,(H,23,26). The molecule has 0 saturated carbocycles. The molecule has 1 unspecified atom stereocenters. The molecule has 1 aliphatic heterocycles. The van der Waals surface area contributed by atoms with Crippen molar-refractivity contribution in [2.24, 2.45) is 0 Å². The quantitative estimate of drug-likeness (QED) is 0.877. The molecule has 0 radical (unpaired) electrons. The van der Waals surface area contributed by atoms with Crippen LogP contribution in [0.25, 0.3) is 0 Å². The number of benzene rings is 2. The highest BCUT2D eigenvalue weighted by atomic mass is 19.1. The number of ether oxygens (including phenoxy) is 1. The maximum atomic E-state index is 13.9. The molecule has 1 heterocycles. The van der Waals surface area contributed by atoms with Crippen LogP contribution in [-0.4, -0.2) is 50.3 Å². The van der Waals surface area contributed by atoms with Crippen LogP contribution < -0.4 is 15.0 Å². The van der Waals surface area contributed by atoms with Crippen LogP contribution in [0, 0.1) is 5.82 Å². The van der Waals surface area contributed by atoms with Crippen molar-refractivity contribution in [3.63, 3.8) is 0 Å². The summed E-state index contributed by atoms with van der Waals surface area (Å²) in [5.74, 6) is 0.595. The lowest BCUT2D eigenvalue weighted by molar-refractivity contribution is 0.191. The van der Waals surface area contributed by atoms with Crippen LogP contribution in [-0.2, 0) is 6.42 Å². The fourth-order valence-corrected chi connectivity index (χ4v) is 3.36. The van der Waals surface area contributed by atoms with Crippen molar-refractivity contribution in [1.29, 1.82) is 0 Å². The monoisotopic (exact) mass is 371 g/mol. The van der Waals surface area contributed by atoms with Gasteiger partial charge in [-0.05, 0) is 43.2 Å². The minimum Gasteiger partial charge on any atom is -0.497 e. The van der Waals surface area contributed by atoms with E-state index in [1.54, 1.807) is 24.1 Å². The smallest absolute Gasteiger partial charge is 0.317 e. The van der Waals surface area contributed by atoms with E-state index in [1.165, 1.54) is 6.07 Å². The van der Waals surface area contributed by atoms with Crippen LogP contribution in [0.1, 0.15) is 12.5 Å². The summed E-state index contributed by atoms with van der Waals surface area (Å²) in [5, 5.41) is 3.06. The van der Waals surface area contributed by atoms with Crippen LogP contribution in [0.15, 0.2) is 48.5 Å². The Kier molecular flexibility index (Phi) is 6.16. The van der Waals surface area contributed by atoms with Gasteiger partial charge in [-0.15, -0.1) is 0 Å². The fraction of sp³-hybridized carbons (Fsp3) is 0.381. The number of piperazine rings is 1. The molecule has 3 rings (SSSR count). The number of para-hydroxylation sites is 1. The summed E-state index contributed by atoms with van der Waals surface area (Å²) in [6.07, 6.45) is 0.734. The number of rotatable bonds is 5. The second kappa shape index (κ2) is 8.75. The van der Waals surface area contributed by atoms with Crippen molar-refractivity contribution in [2.45, 2.75) is 19.4 Å². The second-order valence-corrected chi connectivity index (χ2v) is 6.83. The number of carbonyl (C=O) groups excluding carboxylic acids is 1. The Bertz CT molecular complexity index is 776. The largest absolute Gasteiger partial charge is 0.497 e. The van der Waals surface area contributed by atoms with E-state index < -0.39 is 0 Å². The van der Waals surface area contributed by atoms with Crippen molar-refractivity contribution in [3.05, 3.63) is 59.9 Å². The second-order valence-electron chi connectivity index (χ2n) is 6.83. The van der Waals surface area contributed by atoms with Gasteiger partial charge < -0.3 is 19.9 Å². The summed E-state index contributed by atoms with van der Waals surface area (Å²) in [6, 6.07) is 14.6. The fourth-order valence-electron chi connectivity index (χ4n) is 3.36. The van der Waals surface area contributed by atoms with Gasteiger partial charge in [0.15, 0.2) is 0 Å². The Balaban J connectivity index is 1.49. The van der Waals surface area contributed by atoms with Crippen LogP contribution in [0.5, 0.6) is 5.75 Å². The number of carbonyl (C=O) groups is 1. The van der Waals surface area contributed by atoms with E-state index >= 15 is 0 Å². The van der Waals surface area contributed by atoms with Gasteiger partial charge in [0.25, 0.3) is 0 Å². The molecule has 1 N–H and O–H groups in total. The topological polar surface area (TPSA) is 44.8 Å². The summed E-state index contributed by atoms with van der Waals surface area (Å²) in [5.41, 5.74) is 1.72. The molecule has 6 heteroatoms. The molecular weight excluding hydrogens is 345 g/mol. The molecule has 0 spiro atoms. The molecule has 144 valence electrons. The van der Waals surface area contributed by atoms with Gasteiger partial charge in [-0.3, -0.25) is 0 Å². The molecule has 0 bridgehead atoms. The van der Waals surface area contributed by atoms with Crippen molar-refractivity contribution < 1.29 is 13.9 Å². The van der Waals surface area contributed by atoms with Gasteiger partial charge in [0.2, 0.25) is 0 Å². The van der Waals surface area contributed by atoms with Gasteiger partial charge in [0.1, 0.15) is 11.6 Å². The summed E-state index contributed by atoms with van der Waals surface area (Å²) in [6.45, 7) is 4.39. The minimum atomic E-state index is -0.220. The lowest BCUT2D eigenvalue weighted by atomic mass is 10.1. The Morgan fingerprint density at radius 2 is 1.89 bits per heavy atom. The maximum Gasteiger partial charge on any atom is 0.317 e. The highest BCUT2D eigenvalue weighted by Gasteiger charge is 2.23. The first-order chi connectivity index (χ1) is 13.1. The molecule has 5 nitrogen and oxygen atoms in total. The molecule has 1 atom stereocenters. The van der Waals surface area contributed by atoms with Crippen molar-refractivity contribution in [1.82, 2.24) is 10.2 Å². The average Bonchev–Trinajstić information content (AvgIpc) is 2.68. The maximum absolute atomic E-state index is 13.9. The lowest BCUT2D eigenvalue weighted by Gasteiger charge is -2.36. The Morgan fingerprint density at radius 3 is 2.59 bits per heavy atom. The number of halogens is 1. The molecule has 27 heavy (non-hydrogen) atoms. The third kappa shape index (κ3) is 4.90. The molecule has 2 amide bonds. The molecular formula is C21H26FN3O2.